The lowest BCUT2D eigenvalue weighted by molar-refractivity contribution is 0.566. The molecule has 0 aliphatic heterocycles. The van der Waals surface area contributed by atoms with Crippen LogP contribution in [0, 0.1) is 12.8 Å². The fourth-order valence-electron chi connectivity index (χ4n) is 1.87. The van der Waals surface area contributed by atoms with Gasteiger partial charge < -0.3 is 16.0 Å². The van der Waals surface area contributed by atoms with Gasteiger partial charge in [-0.2, -0.15) is 0 Å². The summed E-state index contributed by atoms with van der Waals surface area (Å²) in [6.45, 7) is 8.77. The lowest BCUT2D eigenvalue weighted by Crippen LogP contribution is -2.26. The molecule has 0 unspecified atom stereocenters. The van der Waals surface area contributed by atoms with Gasteiger partial charge in [0.2, 0.25) is 0 Å². The van der Waals surface area contributed by atoms with Gasteiger partial charge in [-0.05, 0) is 25.7 Å². The molecular weight excluding hydrogens is 238 g/mol. The van der Waals surface area contributed by atoms with Gasteiger partial charge in [-0.1, -0.05) is 13.8 Å². The topological polar surface area (TPSA) is 67.1 Å². The van der Waals surface area contributed by atoms with Crippen molar-refractivity contribution in [1.82, 2.24) is 9.97 Å². The molecule has 0 atom stereocenters. The zero-order chi connectivity index (χ0) is 14.3. The van der Waals surface area contributed by atoms with E-state index in [2.05, 4.69) is 29.1 Å². The van der Waals surface area contributed by atoms with Gasteiger partial charge in [-0.3, -0.25) is 0 Å². The van der Waals surface area contributed by atoms with E-state index in [1.165, 1.54) is 6.42 Å². The number of aryl methyl sites for hydroxylation is 1. The average Bonchev–Trinajstić information content (AvgIpc) is 2.34. The largest absolute Gasteiger partial charge is 0.370 e. The van der Waals surface area contributed by atoms with Gasteiger partial charge in [0.1, 0.15) is 17.5 Å². The highest BCUT2D eigenvalue weighted by Gasteiger charge is 2.05. The predicted molar refractivity (Wildman–Crippen MR) is 81.7 cm³/mol. The van der Waals surface area contributed by atoms with Crippen LogP contribution in [0.4, 0.5) is 11.6 Å². The minimum Gasteiger partial charge on any atom is -0.370 e. The summed E-state index contributed by atoms with van der Waals surface area (Å²) < 4.78 is 0. The summed E-state index contributed by atoms with van der Waals surface area (Å²) in [6.07, 6.45) is 2.39. The van der Waals surface area contributed by atoms with Crippen molar-refractivity contribution in [3.05, 3.63) is 11.9 Å². The quantitative estimate of drug-likeness (QED) is 0.704. The molecule has 5 nitrogen and oxygen atoms in total. The standard InChI is InChI=1S/C14H27N5/c1-11(2)6-5-8-16-13-10-14(18-12(3)17-13)19(4)9-7-15/h10-11H,5-9,15H2,1-4H3,(H,16,17,18). The molecule has 0 bridgehead atoms. The molecule has 108 valence electrons. The van der Waals surface area contributed by atoms with Gasteiger partial charge in [-0.15, -0.1) is 0 Å². The monoisotopic (exact) mass is 265 g/mol. The molecule has 0 radical (unpaired) electrons. The highest BCUT2D eigenvalue weighted by atomic mass is 15.2. The molecule has 1 aromatic heterocycles. The van der Waals surface area contributed by atoms with E-state index in [-0.39, 0.29) is 0 Å². The van der Waals surface area contributed by atoms with Gasteiger partial charge in [0.05, 0.1) is 0 Å². The molecule has 0 aromatic carbocycles. The van der Waals surface area contributed by atoms with E-state index in [0.717, 1.165) is 42.9 Å². The first-order valence-electron chi connectivity index (χ1n) is 7.03. The number of rotatable bonds is 8. The molecule has 0 fully saturated rings. The Bertz CT molecular complexity index is 378. The number of hydrogen-bond donors (Lipinski definition) is 2. The maximum absolute atomic E-state index is 5.57. The van der Waals surface area contributed by atoms with Crippen LogP contribution in [0.3, 0.4) is 0 Å². The highest BCUT2D eigenvalue weighted by Crippen LogP contribution is 2.14. The molecule has 0 saturated carbocycles. The maximum Gasteiger partial charge on any atom is 0.134 e. The average molecular weight is 265 g/mol. The van der Waals surface area contributed by atoms with E-state index in [0.29, 0.717) is 6.54 Å². The third-order valence-corrected chi connectivity index (χ3v) is 2.94. The Labute approximate surface area is 116 Å². The molecule has 0 saturated heterocycles. The third kappa shape index (κ3) is 5.87. The van der Waals surface area contributed by atoms with Crippen LogP contribution >= 0.6 is 0 Å². The van der Waals surface area contributed by atoms with Crippen LogP contribution in [-0.2, 0) is 0 Å². The molecule has 0 amide bonds. The normalized spacial score (nSPS) is 10.8. The number of anilines is 2. The number of likely N-dealkylation sites (N-methyl/N-ethyl adjacent to an activating group) is 1. The van der Waals surface area contributed by atoms with Crippen LogP contribution in [0.5, 0.6) is 0 Å². The molecule has 19 heavy (non-hydrogen) atoms. The van der Waals surface area contributed by atoms with Crippen molar-refractivity contribution in [3.8, 4) is 0 Å². The molecule has 1 heterocycles. The summed E-state index contributed by atoms with van der Waals surface area (Å²) in [5.41, 5.74) is 5.57. The first-order chi connectivity index (χ1) is 9.02. The predicted octanol–water partition coefficient (Wildman–Crippen LogP) is 2.03. The number of nitrogens with one attached hydrogen (secondary N) is 1. The number of hydrogen-bond acceptors (Lipinski definition) is 5. The third-order valence-electron chi connectivity index (χ3n) is 2.94. The summed E-state index contributed by atoms with van der Waals surface area (Å²) in [6, 6.07) is 1.98. The van der Waals surface area contributed by atoms with Crippen molar-refractivity contribution in [2.45, 2.75) is 33.6 Å². The zero-order valence-corrected chi connectivity index (χ0v) is 12.6. The van der Waals surface area contributed by atoms with Crippen LogP contribution in [-0.4, -0.2) is 36.6 Å². The Morgan fingerprint density at radius 1 is 1.37 bits per heavy atom. The first kappa shape index (κ1) is 15.7. The van der Waals surface area contributed by atoms with E-state index in [1.807, 2.05) is 24.9 Å². The molecule has 5 heteroatoms. The van der Waals surface area contributed by atoms with Gasteiger partial charge in [0.25, 0.3) is 0 Å². The van der Waals surface area contributed by atoms with Crippen molar-refractivity contribution in [3.63, 3.8) is 0 Å². The van der Waals surface area contributed by atoms with Gasteiger partial charge in [-0.25, -0.2) is 9.97 Å². The van der Waals surface area contributed by atoms with Crippen molar-refractivity contribution in [2.24, 2.45) is 11.7 Å². The summed E-state index contributed by atoms with van der Waals surface area (Å²) in [5, 5.41) is 3.37. The number of nitrogens with zero attached hydrogens (tertiary/aromatic N) is 3. The molecule has 0 spiro atoms. The maximum atomic E-state index is 5.57. The zero-order valence-electron chi connectivity index (χ0n) is 12.6. The summed E-state index contributed by atoms with van der Waals surface area (Å²) in [4.78, 5) is 10.9. The second kappa shape index (κ2) is 7.94. The van der Waals surface area contributed by atoms with E-state index in [9.17, 15) is 0 Å². The SMILES string of the molecule is Cc1nc(NCCCC(C)C)cc(N(C)CCN)n1. The highest BCUT2D eigenvalue weighted by molar-refractivity contribution is 5.48. The van der Waals surface area contributed by atoms with Crippen molar-refractivity contribution in [1.29, 1.82) is 0 Å². The van der Waals surface area contributed by atoms with Gasteiger partial charge >= 0.3 is 0 Å². The minimum absolute atomic E-state index is 0.622. The van der Waals surface area contributed by atoms with Crippen LogP contribution in [0.15, 0.2) is 6.07 Å². The van der Waals surface area contributed by atoms with Crippen LogP contribution in [0.25, 0.3) is 0 Å². The second-order valence-corrected chi connectivity index (χ2v) is 5.33. The fourth-order valence-corrected chi connectivity index (χ4v) is 1.87. The van der Waals surface area contributed by atoms with Crippen LogP contribution in [0.1, 0.15) is 32.5 Å². The minimum atomic E-state index is 0.622. The molecule has 1 rings (SSSR count). The van der Waals surface area contributed by atoms with Crippen LogP contribution in [0.2, 0.25) is 0 Å². The van der Waals surface area contributed by atoms with E-state index >= 15 is 0 Å². The Morgan fingerprint density at radius 3 is 2.74 bits per heavy atom. The Kier molecular flexibility index (Phi) is 6.56. The van der Waals surface area contributed by atoms with Gasteiger partial charge in [0, 0.05) is 32.7 Å². The first-order valence-corrected chi connectivity index (χ1v) is 7.03. The molecular formula is C14H27N5. The van der Waals surface area contributed by atoms with Crippen LogP contribution < -0.4 is 16.0 Å². The molecule has 0 aliphatic carbocycles. The van der Waals surface area contributed by atoms with Gasteiger partial charge in [0.15, 0.2) is 0 Å². The lowest BCUT2D eigenvalue weighted by Gasteiger charge is -2.18. The van der Waals surface area contributed by atoms with Crippen molar-refractivity contribution in [2.75, 3.05) is 36.9 Å². The molecule has 3 N–H and O–H groups in total. The molecule has 0 aliphatic rings. The van der Waals surface area contributed by atoms with E-state index in [1.54, 1.807) is 0 Å². The smallest absolute Gasteiger partial charge is 0.134 e. The fraction of sp³-hybridized carbons (Fsp3) is 0.714. The van der Waals surface area contributed by atoms with Crippen molar-refractivity contribution < 1.29 is 0 Å². The van der Waals surface area contributed by atoms with E-state index in [4.69, 9.17) is 5.73 Å². The lowest BCUT2D eigenvalue weighted by atomic mass is 10.1. The van der Waals surface area contributed by atoms with E-state index < -0.39 is 0 Å². The molecule has 1 aromatic rings. The summed E-state index contributed by atoms with van der Waals surface area (Å²) >= 11 is 0. The Morgan fingerprint density at radius 2 is 2.11 bits per heavy atom. The Balaban J connectivity index is 2.58. The number of aromatic nitrogens is 2. The summed E-state index contributed by atoms with van der Waals surface area (Å²) in [5.74, 6) is 3.35. The Hall–Kier alpha value is -1.36. The van der Waals surface area contributed by atoms with Crippen molar-refractivity contribution >= 4 is 11.6 Å². The second-order valence-electron chi connectivity index (χ2n) is 5.33. The number of nitrogens with two attached hydrogens (primary N) is 1. The summed E-state index contributed by atoms with van der Waals surface area (Å²) in [7, 11) is 2.00.